The Bertz CT molecular complexity index is 607. The third-order valence-electron chi connectivity index (χ3n) is 2.76. The Morgan fingerprint density at radius 2 is 2.00 bits per heavy atom. The molecule has 0 atom stereocenters. The molecule has 0 amide bonds. The van der Waals surface area contributed by atoms with Crippen molar-refractivity contribution in [3.05, 3.63) is 50.4 Å². The molecule has 0 aliphatic carbocycles. The van der Waals surface area contributed by atoms with Crippen molar-refractivity contribution in [1.82, 2.24) is 5.32 Å². The fourth-order valence-corrected chi connectivity index (χ4v) is 3.15. The zero-order chi connectivity index (χ0) is 15.5. The van der Waals surface area contributed by atoms with Crippen molar-refractivity contribution in [2.45, 2.75) is 39.5 Å². The van der Waals surface area contributed by atoms with Crippen LogP contribution in [0.5, 0.6) is 5.75 Å². The average molecular weight is 372 g/mol. The highest BCUT2D eigenvalue weighted by molar-refractivity contribution is 9.11. The van der Waals surface area contributed by atoms with Crippen molar-refractivity contribution < 1.29 is 9.13 Å². The molecule has 2 aromatic rings. The van der Waals surface area contributed by atoms with Crippen LogP contribution in [-0.4, -0.2) is 5.54 Å². The predicted octanol–water partition coefficient (Wildman–Crippen LogP) is 5.12. The minimum atomic E-state index is -0.273. The largest absolute Gasteiger partial charge is 0.488 e. The zero-order valence-corrected chi connectivity index (χ0v) is 14.8. The third-order valence-corrected chi connectivity index (χ3v) is 4.36. The number of thiophene rings is 1. The van der Waals surface area contributed by atoms with Gasteiger partial charge in [-0.2, -0.15) is 0 Å². The lowest BCUT2D eigenvalue weighted by Gasteiger charge is -2.20. The van der Waals surface area contributed by atoms with E-state index in [2.05, 4.69) is 42.0 Å². The van der Waals surface area contributed by atoms with E-state index in [0.717, 1.165) is 14.2 Å². The van der Waals surface area contributed by atoms with Crippen molar-refractivity contribution in [2.75, 3.05) is 0 Å². The smallest absolute Gasteiger partial charge is 0.127 e. The van der Waals surface area contributed by atoms with Gasteiger partial charge in [-0.25, -0.2) is 4.39 Å². The van der Waals surface area contributed by atoms with Gasteiger partial charge in [0.05, 0.1) is 3.79 Å². The van der Waals surface area contributed by atoms with E-state index in [1.165, 1.54) is 12.1 Å². The summed E-state index contributed by atoms with van der Waals surface area (Å²) in [5, 5.41) is 3.34. The van der Waals surface area contributed by atoms with Gasteiger partial charge in [0, 0.05) is 23.0 Å². The number of hydrogen-bond acceptors (Lipinski definition) is 3. The van der Waals surface area contributed by atoms with Crippen LogP contribution in [0.15, 0.2) is 34.1 Å². The molecule has 1 aromatic carbocycles. The molecular formula is C16H19BrFNOS. The standard InChI is InChI=1S/C16H19BrFNOS/c1-16(2,3)19-9-11-6-12(18)8-13(7-11)20-10-14-4-5-15(17)21-14/h4-8,19H,9-10H2,1-3H3. The van der Waals surface area contributed by atoms with Gasteiger partial charge in [0.25, 0.3) is 0 Å². The van der Waals surface area contributed by atoms with E-state index in [1.54, 1.807) is 11.3 Å². The molecule has 0 spiro atoms. The highest BCUT2D eigenvalue weighted by atomic mass is 79.9. The average Bonchev–Trinajstić information content (AvgIpc) is 2.79. The summed E-state index contributed by atoms with van der Waals surface area (Å²) in [6, 6.07) is 8.81. The molecule has 0 unspecified atom stereocenters. The summed E-state index contributed by atoms with van der Waals surface area (Å²) in [6.07, 6.45) is 0. The lowest BCUT2D eigenvalue weighted by Crippen LogP contribution is -2.35. The van der Waals surface area contributed by atoms with Crippen LogP contribution in [0.4, 0.5) is 4.39 Å². The van der Waals surface area contributed by atoms with Crippen LogP contribution in [0.1, 0.15) is 31.2 Å². The van der Waals surface area contributed by atoms with Crippen LogP contribution in [0.25, 0.3) is 0 Å². The number of hydrogen-bond donors (Lipinski definition) is 1. The number of rotatable bonds is 5. The van der Waals surface area contributed by atoms with Gasteiger partial charge in [-0.15, -0.1) is 11.3 Å². The van der Waals surface area contributed by atoms with Crippen LogP contribution < -0.4 is 10.1 Å². The van der Waals surface area contributed by atoms with Crippen LogP contribution >= 0.6 is 27.3 Å². The van der Waals surface area contributed by atoms with Crippen molar-refractivity contribution in [2.24, 2.45) is 0 Å². The molecule has 0 fully saturated rings. The maximum absolute atomic E-state index is 13.7. The van der Waals surface area contributed by atoms with Gasteiger partial charge >= 0.3 is 0 Å². The van der Waals surface area contributed by atoms with Crippen molar-refractivity contribution in [1.29, 1.82) is 0 Å². The van der Waals surface area contributed by atoms with Crippen LogP contribution in [0, 0.1) is 5.82 Å². The van der Waals surface area contributed by atoms with Crippen molar-refractivity contribution in [3.8, 4) is 5.75 Å². The highest BCUT2D eigenvalue weighted by Crippen LogP contribution is 2.24. The Morgan fingerprint density at radius 3 is 2.62 bits per heavy atom. The monoisotopic (exact) mass is 371 g/mol. The first-order valence-electron chi connectivity index (χ1n) is 6.73. The third kappa shape index (κ3) is 5.77. The Hall–Kier alpha value is -0.910. The number of nitrogens with one attached hydrogen (secondary N) is 1. The molecule has 2 rings (SSSR count). The molecule has 0 saturated carbocycles. The van der Waals surface area contributed by atoms with E-state index in [4.69, 9.17) is 4.74 Å². The predicted molar refractivity (Wildman–Crippen MR) is 89.3 cm³/mol. The summed E-state index contributed by atoms with van der Waals surface area (Å²) in [7, 11) is 0. The summed E-state index contributed by atoms with van der Waals surface area (Å²) < 4.78 is 20.4. The summed E-state index contributed by atoms with van der Waals surface area (Å²) >= 11 is 5.03. The molecule has 1 N–H and O–H groups in total. The maximum atomic E-state index is 13.7. The molecule has 21 heavy (non-hydrogen) atoms. The van der Waals surface area contributed by atoms with Gasteiger partial charge in [-0.05, 0) is 66.5 Å². The molecular weight excluding hydrogens is 353 g/mol. The van der Waals surface area contributed by atoms with Crippen LogP contribution in [-0.2, 0) is 13.2 Å². The minimum absolute atomic E-state index is 0.00339. The molecule has 0 bridgehead atoms. The molecule has 114 valence electrons. The van der Waals surface area contributed by atoms with Gasteiger partial charge in [0.1, 0.15) is 18.2 Å². The number of ether oxygens (including phenoxy) is 1. The zero-order valence-electron chi connectivity index (χ0n) is 12.4. The van der Waals surface area contributed by atoms with E-state index >= 15 is 0 Å². The number of benzene rings is 1. The number of halogens is 2. The first kappa shape index (κ1) is 16.5. The summed E-state index contributed by atoms with van der Waals surface area (Å²) in [5.74, 6) is 0.288. The molecule has 1 heterocycles. The summed E-state index contributed by atoms with van der Waals surface area (Å²) in [5.41, 5.74) is 0.878. The molecule has 1 aromatic heterocycles. The highest BCUT2D eigenvalue weighted by Gasteiger charge is 2.10. The lowest BCUT2D eigenvalue weighted by molar-refractivity contribution is 0.307. The first-order valence-corrected chi connectivity index (χ1v) is 8.34. The Labute approximate surface area is 137 Å². The lowest BCUT2D eigenvalue weighted by atomic mass is 10.1. The van der Waals surface area contributed by atoms with Crippen LogP contribution in [0.3, 0.4) is 0 Å². The van der Waals surface area contributed by atoms with Gasteiger partial charge in [-0.3, -0.25) is 0 Å². The van der Waals surface area contributed by atoms with Gasteiger partial charge in [0.15, 0.2) is 0 Å². The second-order valence-corrected chi connectivity index (χ2v) is 8.44. The second-order valence-electron chi connectivity index (χ2n) is 5.89. The fraction of sp³-hybridized carbons (Fsp3) is 0.375. The van der Waals surface area contributed by atoms with E-state index in [0.29, 0.717) is 18.9 Å². The molecule has 0 aliphatic rings. The Morgan fingerprint density at radius 1 is 1.24 bits per heavy atom. The maximum Gasteiger partial charge on any atom is 0.127 e. The second kappa shape index (κ2) is 6.90. The summed E-state index contributed by atoms with van der Waals surface area (Å²) in [4.78, 5) is 1.10. The van der Waals surface area contributed by atoms with Crippen LogP contribution in [0.2, 0.25) is 0 Å². The molecule has 0 saturated heterocycles. The SMILES string of the molecule is CC(C)(C)NCc1cc(F)cc(OCc2ccc(Br)s2)c1. The van der Waals surface area contributed by atoms with Gasteiger partial charge in [-0.1, -0.05) is 0 Å². The quantitative estimate of drug-likeness (QED) is 0.787. The van der Waals surface area contributed by atoms with E-state index in [1.807, 2.05) is 18.2 Å². The van der Waals surface area contributed by atoms with E-state index in [9.17, 15) is 4.39 Å². The molecule has 5 heteroatoms. The van der Waals surface area contributed by atoms with Gasteiger partial charge < -0.3 is 10.1 Å². The Kier molecular flexibility index (Phi) is 5.41. The first-order chi connectivity index (χ1) is 9.82. The topological polar surface area (TPSA) is 21.3 Å². The fourth-order valence-electron chi connectivity index (χ4n) is 1.76. The molecule has 0 radical (unpaired) electrons. The molecule has 0 aliphatic heterocycles. The summed E-state index contributed by atoms with van der Waals surface area (Å²) in [6.45, 7) is 7.31. The normalized spacial score (nSPS) is 11.7. The van der Waals surface area contributed by atoms with Gasteiger partial charge in [0.2, 0.25) is 0 Å². The van der Waals surface area contributed by atoms with E-state index < -0.39 is 0 Å². The molecule has 2 nitrogen and oxygen atoms in total. The Balaban J connectivity index is 2.01. The minimum Gasteiger partial charge on any atom is -0.488 e. The van der Waals surface area contributed by atoms with E-state index in [-0.39, 0.29) is 11.4 Å². The van der Waals surface area contributed by atoms with Crippen molar-refractivity contribution >= 4 is 27.3 Å². The van der Waals surface area contributed by atoms with Crippen molar-refractivity contribution in [3.63, 3.8) is 0 Å².